The van der Waals surface area contributed by atoms with Gasteiger partial charge in [0.2, 0.25) is 5.89 Å². The molecule has 9 heteroatoms. The quantitative estimate of drug-likeness (QED) is 0.541. The highest BCUT2D eigenvalue weighted by atomic mass is 16.5. The van der Waals surface area contributed by atoms with Gasteiger partial charge in [0.25, 0.3) is 0 Å². The Morgan fingerprint density at radius 1 is 1.10 bits per heavy atom. The largest absolute Gasteiger partial charge is 0.496 e. The lowest BCUT2D eigenvalue weighted by Crippen LogP contribution is -2.22. The van der Waals surface area contributed by atoms with E-state index in [0.29, 0.717) is 17.2 Å². The maximum absolute atomic E-state index is 11.5. The lowest BCUT2D eigenvalue weighted by atomic mass is 9.87. The number of methoxy groups -OCH3 is 1. The lowest BCUT2D eigenvalue weighted by molar-refractivity contribution is 0.125. The van der Waals surface area contributed by atoms with Crippen LogP contribution in [0, 0.1) is 0 Å². The van der Waals surface area contributed by atoms with Gasteiger partial charge in [0.1, 0.15) is 30.0 Å². The molecule has 0 saturated heterocycles. The normalized spacial score (nSPS) is 26.2. The van der Waals surface area contributed by atoms with E-state index in [1.54, 1.807) is 19.2 Å². The molecule has 4 N–H and O–H groups in total. The van der Waals surface area contributed by atoms with E-state index in [-0.39, 0.29) is 43.1 Å². The van der Waals surface area contributed by atoms with E-state index >= 15 is 0 Å². The molecule has 0 spiro atoms. The number of aliphatic hydroxyl groups excluding tert-OH is 2. The molecule has 1 aromatic heterocycles. The zero-order chi connectivity index (χ0) is 21.5. The van der Waals surface area contributed by atoms with Crippen molar-refractivity contribution in [3.63, 3.8) is 0 Å². The van der Waals surface area contributed by atoms with Gasteiger partial charge in [-0.3, -0.25) is 0 Å². The second-order valence-corrected chi connectivity index (χ2v) is 7.65. The fraction of sp³-hybridized carbons (Fsp3) is 0.364. The number of fused-ring (bicyclic) bond motifs is 3. The number of nitrogens with two attached hydrogens (primary N) is 1. The summed E-state index contributed by atoms with van der Waals surface area (Å²) in [4.78, 5) is 0. The van der Waals surface area contributed by atoms with Crippen molar-refractivity contribution >= 4 is 6.01 Å². The molecule has 31 heavy (non-hydrogen) atoms. The molecular weight excluding hydrogens is 402 g/mol. The first-order valence-electron chi connectivity index (χ1n) is 10.1. The molecule has 2 aliphatic rings. The van der Waals surface area contributed by atoms with Gasteiger partial charge < -0.3 is 34.6 Å². The molecule has 2 heterocycles. The lowest BCUT2D eigenvalue weighted by Gasteiger charge is -2.23. The highest BCUT2D eigenvalue weighted by Crippen LogP contribution is 2.60. The number of ether oxygens (including phenoxy) is 3. The Morgan fingerprint density at radius 2 is 1.90 bits per heavy atom. The number of nitrogen functional groups attached to an aromatic ring is 1. The topological polar surface area (TPSA) is 133 Å². The molecule has 2 aromatic carbocycles. The summed E-state index contributed by atoms with van der Waals surface area (Å²) in [6.07, 6.45) is -1.25. The molecular formula is C22H23N3O6. The fourth-order valence-corrected chi connectivity index (χ4v) is 4.86. The molecule has 5 rings (SSSR count). The van der Waals surface area contributed by atoms with Gasteiger partial charge in [-0.2, -0.15) is 0 Å². The van der Waals surface area contributed by atoms with Crippen LogP contribution in [0.3, 0.4) is 0 Å². The highest BCUT2D eigenvalue weighted by molar-refractivity contribution is 5.58. The fourth-order valence-electron chi connectivity index (χ4n) is 4.86. The van der Waals surface area contributed by atoms with E-state index in [0.717, 1.165) is 11.1 Å². The van der Waals surface area contributed by atoms with Gasteiger partial charge in [-0.05, 0) is 5.56 Å². The van der Waals surface area contributed by atoms with Crippen molar-refractivity contribution < 1.29 is 28.8 Å². The predicted molar refractivity (Wildman–Crippen MR) is 109 cm³/mol. The van der Waals surface area contributed by atoms with Gasteiger partial charge >= 0.3 is 6.01 Å². The van der Waals surface area contributed by atoms with Crippen LogP contribution in [0.25, 0.3) is 0 Å². The van der Waals surface area contributed by atoms with Crippen molar-refractivity contribution in [1.82, 2.24) is 10.2 Å². The number of nitrogens with zero attached hydrogens (tertiary/aromatic N) is 2. The molecule has 3 aromatic rings. The molecule has 4 unspecified atom stereocenters. The minimum absolute atomic E-state index is 0.0457. The molecule has 0 bridgehead atoms. The van der Waals surface area contributed by atoms with Crippen LogP contribution in [0.4, 0.5) is 6.01 Å². The van der Waals surface area contributed by atoms with E-state index in [2.05, 4.69) is 10.2 Å². The summed E-state index contributed by atoms with van der Waals surface area (Å²) in [6.45, 7) is 0.0556. The Labute approximate surface area is 178 Å². The van der Waals surface area contributed by atoms with Gasteiger partial charge in [0.15, 0.2) is 0 Å². The van der Waals surface area contributed by atoms with Crippen LogP contribution in [0.5, 0.6) is 17.2 Å². The van der Waals surface area contributed by atoms with Crippen molar-refractivity contribution in [2.75, 3.05) is 26.1 Å². The number of aliphatic hydroxyl groups is 2. The van der Waals surface area contributed by atoms with E-state index in [1.165, 1.54) is 0 Å². The second-order valence-electron chi connectivity index (χ2n) is 7.65. The maximum Gasteiger partial charge on any atom is 0.312 e. The van der Waals surface area contributed by atoms with E-state index < -0.39 is 12.0 Å². The Hall–Kier alpha value is -3.30. The monoisotopic (exact) mass is 425 g/mol. The number of hydrogen-bond donors (Lipinski definition) is 3. The third kappa shape index (κ3) is 3.17. The minimum Gasteiger partial charge on any atom is -0.496 e. The molecule has 1 aliphatic carbocycles. The summed E-state index contributed by atoms with van der Waals surface area (Å²) in [6, 6.07) is 13.3. The molecule has 1 aliphatic heterocycles. The van der Waals surface area contributed by atoms with Crippen LogP contribution in [0.2, 0.25) is 0 Å². The number of benzene rings is 2. The van der Waals surface area contributed by atoms with E-state index in [4.69, 9.17) is 29.5 Å². The summed E-state index contributed by atoms with van der Waals surface area (Å²) in [5.74, 6) is 0.822. The minimum atomic E-state index is -0.866. The van der Waals surface area contributed by atoms with Gasteiger partial charge in [0.05, 0.1) is 31.7 Å². The van der Waals surface area contributed by atoms with Crippen LogP contribution < -0.4 is 19.9 Å². The van der Waals surface area contributed by atoms with Crippen LogP contribution in [0.1, 0.15) is 34.8 Å². The maximum atomic E-state index is 11.5. The van der Waals surface area contributed by atoms with Crippen LogP contribution in [0.15, 0.2) is 46.9 Å². The van der Waals surface area contributed by atoms with Crippen LogP contribution in [-0.4, -0.2) is 52.9 Å². The van der Waals surface area contributed by atoms with E-state index in [9.17, 15) is 5.11 Å². The summed E-state index contributed by atoms with van der Waals surface area (Å²) >= 11 is 0. The SMILES string of the molecule is COc1cc(OCCO)cc2c1C1C(O)C(c3nnc(N)o3)[C@@H](c3ccccc3)C1O2. The Kier molecular flexibility index (Phi) is 4.91. The molecule has 0 radical (unpaired) electrons. The Morgan fingerprint density at radius 3 is 2.58 bits per heavy atom. The van der Waals surface area contributed by atoms with Crippen molar-refractivity contribution in [3.05, 3.63) is 59.5 Å². The Bertz CT molecular complexity index is 1070. The third-order valence-electron chi connectivity index (χ3n) is 6.01. The summed E-state index contributed by atoms with van der Waals surface area (Å²) < 4.78 is 23.1. The number of hydrogen-bond acceptors (Lipinski definition) is 9. The van der Waals surface area contributed by atoms with Crippen LogP contribution >= 0.6 is 0 Å². The van der Waals surface area contributed by atoms with Gasteiger partial charge in [-0.1, -0.05) is 35.4 Å². The van der Waals surface area contributed by atoms with Crippen molar-refractivity contribution in [1.29, 1.82) is 0 Å². The number of aromatic nitrogens is 2. The molecule has 9 nitrogen and oxygen atoms in total. The average molecular weight is 425 g/mol. The second kappa shape index (κ2) is 7.75. The van der Waals surface area contributed by atoms with Gasteiger partial charge in [-0.15, -0.1) is 5.10 Å². The average Bonchev–Trinajstić information content (AvgIpc) is 3.45. The van der Waals surface area contributed by atoms with Gasteiger partial charge in [-0.25, -0.2) is 0 Å². The molecule has 1 fully saturated rings. The smallest absolute Gasteiger partial charge is 0.312 e. The first kappa shape index (κ1) is 19.7. The van der Waals surface area contributed by atoms with Crippen LogP contribution in [-0.2, 0) is 0 Å². The summed E-state index contributed by atoms with van der Waals surface area (Å²) in [7, 11) is 1.56. The first-order chi connectivity index (χ1) is 15.1. The summed E-state index contributed by atoms with van der Waals surface area (Å²) in [5.41, 5.74) is 7.42. The molecule has 0 amide bonds. The zero-order valence-electron chi connectivity index (χ0n) is 16.8. The zero-order valence-corrected chi connectivity index (χ0v) is 16.8. The van der Waals surface area contributed by atoms with Crippen molar-refractivity contribution in [3.8, 4) is 17.2 Å². The summed E-state index contributed by atoms with van der Waals surface area (Å²) in [5, 5.41) is 28.4. The Balaban J connectivity index is 1.61. The van der Waals surface area contributed by atoms with Crippen molar-refractivity contribution in [2.24, 2.45) is 0 Å². The molecule has 1 saturated carbocycles. The third-order valence-corrected chi connectivity index (χ3v) is 6.01. The predicted octanol–water partition coefficient (Wildman–Crippen LogP) is 1.82. The number of anilines is 1. The van der Waals surface area contributed by atoms with E-state index in [1.807, 2.05) is 30.3 Å². The number of rotatable bonds is 6. The standard InChI is InChI=1S/C22H23N3O6/c1-28-13-9-12(29-8-7-26)10-14-16(13)17-19(27)18(21-24-25-22(23)31-21)15(20(17)30-14)11-5-3-2-4-6-11/h2-6,9-10,15,17-20,26-27H,7-8H2,1H3,(H2,23,25)/t15-,17?,18?,19?,20?/m1/s1. The highest BCUT2D eigenvalue weighted by Gasteiger charge is 2.59. The molecule has 5 atom stereocenters. The molecule has 162 valence electrons. The van der Waals surface area contributed by atoms with Gasteiger partial charge in [0, 0.05) is 23.6 Å². The van der Waals surface area contributed by atoms with Crippen molar-refractivity contribution in [2.45, 2.75) is 30.0 Å². The first-order valence-corrected chi connectivity index (χ1v) is 10.1.